The average Bonchev–Trinajstić information content (AvgIpc) is 3.26. The van der Waals surface area contributed by atoms with E-state index in [0.717, 1.165) is 55.6 Å². The van der Waals surface area contributed by atoms with E-state index >= 15 is 0 Å². The number of nitrogens with one attached hydrogen (secondary N) is 1. The number of rotatable bonds is 6. The summed E-state index contributed by atoms with van der Waals surface area (Å²) >= 11 is 0. The third kappa shape index (κ3) is 4.30. The van der Waals surface area contributed by atoms with Gasteiger partial charge in [-0.15, -0.1) is 0 Å². The molecule has 4 rings (SSSR count). The molecule has 2 atom stereocenters. The van der Waals surface area contributed by atoms with Gasteiger partial charge in [-0.2, -0.15) is 0 Å². The van der Waals surface area contributed by atoms with Crippen molar-refractivity contribution in [3.05, 3.63) is 54.0 Å². The van der Waals surface area contributed by atoms with Crippen LogP contribution in [0.2, 0.25) is 0 Å². The van der Waals surface area contributed by atoms with Gasteiger partial charge in [0.1, 0.15) is 11.5 Å². The number of anilines is 2. The highest BCUT2D eigenvalue weighted by Crippen LogP contribution is 2.47. The number of carbonyl (C=O) groups is 1. The van der Waals surface area contributed by atoms with Crippen LogP contribution in [0.5, 0.6) is 0 Å². The van der Waals surface area contributed by atoms with Crippen molar-refractivity contribution in [1.29, 1.82) is 0 Å². The third-order valence-electron chi connectivity index (χ3n) is 5.84. The van der Waals surface area contributed by atoms with Crippen molar-refractivity contribution in [2.45, 2.75) is 26.2 Å². The Morgan fingerprint density at radius 2 is 1.93 bits per heavy atom. The van der Waals surface area contributed by atoms with Gasteiger partial charge in [-0.1, -0.05) is 26.0 Å². The summed E-state index contributed by atoms with van der Waals surface area (Å²) in [6, 6.07) is 12.0. The largest absolute Gasteiger partial charge is 0.461 e. The Kier molecular flexibility index (Phi) is 5.53. The Morgan fingerprint density at radius 3 is 2.64 bits per heavy atom. The highest BCUT2D eigenvalue weighted by atomic mass is 16.3. The summed E-state index contributed by atoms with van der Waals surface area (Å²) in [6.45, 7) is 9.58. The molecule has 2 aliphatic rings. The molecule has 1 aliphatic carbocycles. The molecule has 5 nitrogen and oxygen atoms in total. The topological polar surface area (TPSA) is 48.7 Å². The van der Waals surface area contributed by atoms with Crippen LogP contribution in [0, 0.1) is 5.92 Å². The van der Waals surface area contributed by atoms with Crippen molar-refractivity contribution in [2.24, 2.45) is 5.92 Å². The number of carbonyl (C=O) groups excluding carboxylic acids is 1. The van der Waals surface area contributed by atoms with Crippen LogP contribution in [0.15, 0.2) is 46.9 Å². The van der Waals surface area contributed by atoms with Crippen molar-refractivity contribution in [3.8, 4) is 0 Å². The molecule has 2 aromatic rings. The molecule has 2 heterocycles. The summed E-state index contributed by atoms with van der Waals surface area (Å²) in [6.07, 6.45) is 4.49. The normalized spacial score (nSPS) is 22.6. The first-order valence-corrected chi connectivity index (χ1v) is 10.3. The van der Waals surface area contributed by atoms with Gasteiger partial charge in [0.25, 0.3) is 0 Å². The summed E-state index contributed by atoms with van der Waals surface area (Å²) < 4.78 is 5.84. The molecule has 1 aromatic heterocycles. The molecule has 1 saturated carbocycles. The van der Waals surface area contributed by atoms with Crippen LogP contribution >= 0.6 is 0 Å². The zero-order valence-electron chi connectivity index (χ0n) is 16.7. The molecule has 0 spiro atoms. The van der Waals surface area contributed by atoms with E-state index in [-0.39, 0.29) is 5.91 Å². The minimum atomic E-state index is -0.141. The number of para-hydroxylation sites is 2. The van der Waals surface area contributed by atoms with E-state index in [2.05, 4.69) is 35.0 Å². The highest BCUT2D eigenvalue weighted by Gasteiger charge is 2.36. The van der Waals surface area contributed by atoms with Crippen molar-refractivity contribution >= 4 is 23.4 Å². The maximum Gasteiger partial charge on any atom is 0.248 e. The molecular weight excluding hydrogens is 350 g/mol. The molecule has 1 N–H and O–H groups in total. The van der Waals surface area contributed by atoms with Gasteiger partial charge >= 0.3 is 0 Å². The van der Waals surface area contributed by atoms with Crippen LogP contribution in [0.3, 0.4) is 0 Å². The molecule has 28 heavy (non-hydrogen) atoms. The summed E-state index contributed by atoms with van der Waals surface area (Å²) in [5, 5.41) is 3.03. The molecule has 0 bridgehead atoms. The van der Waals surface area contributed by atoms with E-state index in [1.165, 1.54) is 6.42 Å². The van der Waals surface area contributed by atoms with Crippen LogP contribution in [-0.4, -0.2) is 43.5 Å². The number of hydrogen-bond acceptors (Lipinski definition) is 4. The predicted octanol–water partition coefficient (Wildman–Crippen LogP) is 4.20. The molecule has 1 aromatic carbocycles. The fourth-order valence-electron chi connectivity index (χ4n) is 3.87. The summed E-state index contributed by atoms with van der Waals surface area (Å²) in [5.74, 6) is 2.88. The fourth-order valence-corrected chi connectivity index (χ4v) is 3.87. The van der Waals surface area contributed by atoms with Gasteiger partial charge in [0.15, 0.2) is 0 Å². The van der Waals surface area contributed by atoms with Crippen LogP contribution < -0.4 is 10.2 Å². The van der Waals surface area contributed by atoms with Gasteiger partial charge in [0, 0.05) is 38.2 Å². The van der Waals surface area contributed by atoms with Gasteiger partial charge in [0.05, 0.1) is 11.4 Å². The van der Waals surface area contributed by atoms with Crippen molar-refractivity contribution in [2.75, 3.05) is 42.9 Å². The fraction of sp³-hybridized carbons (Fsp3) is 0.435. The lowest BCUT2D eigenvalue weighted by Gasteiger charge is -2.36. The van der Waals surface area contributed by atoms with E-state index in [9.17, 15) is 4.79 Å². The third-order valence-corrected chi connectivity index (χ3v) is 5.84. The highest BCUT2D eigenvalue weighted by molar-refractivity contribution is 6.03. The van der Waals surface area contributed by atoms with Crippen molar-refractivity contribution in [3.63, 3.8) is 0 Å². The summed E-state index contributed by atoms with van der Waals surface area (Å²) in [4.78, 5) is 17.3. The van der Waals surface area contributed by atoms with Gasteiger partial charge < -0.3 is 19.5 Å². The van der Waals surface area contributed by atoms with Crippen molar-refractivity contribution in [1.82, 2.24) is 4.90 Å². The number of likely N-dealkylation sites (N-methyl/N-ethyl adjacent to an activating group) is 1. The van der Waals surface area contributed by atoms with Crippen LogP contribution in [0.1, 0.15) is 37.7 Å². The second-order valence-corrected chi connectivity index (χ2v) is 7.82. The van der Waals surface area contributed by atoms with Gasteiger partial charge in [-0.05, 0) is 49.2 Å². The molecule has 0 radical (unpaired) electrons. The maximum absolute atomic E-state index is 12.5. The van der Waals surface area contributed by atoms with Crippen LogP contribution in [0.25, 0.3) is 6.08 Å². The summed E-state index contributed by atoms with van der Waals surface area (Å²) in [7, 11) is 0. The first-order valence-electron chi connectivity index (χ1n) is 10.3. The molecule has 148 valence electrons. The number of nitrogens with zero attached hydrogens (tertiary/aromatic N) is 2. The lowest BCUT2D eigenvalue weighted by molar-refractivity contribution is -0.111. The Hall–Kier alpha value is -2.53. The average molecular weight is 380 g/mol. The van der Waals surface area contributed by atoms with Gasteiger partial charge in [-0.25, -0.2) is 0 Å². The minimum Gasteiger partial charge on any atom is -0.461 e. The molecule has 1 amide bonds. The van der Waals surface area contributed by atoms with E-state index in [0.29, 0.717) is 11.8 Å². The van der Waals surface area contributed by atoms with E-state index < -0.39 is 0 Å². The lowest BCUT2D eigenvalue weighted by Crippen LogP contribution is -2.46. The van der Waals surface area contributed by atoms with E-state index in [4.69, 9.17) is 4.42 Å². The lowest BCUT2D eigenvalue weighted by atomic mass is 10.2. The number of furan rings is 1. The first-order chi connectivity index (χ1) is 13.6. The van der Waals surface area contributed by atoms with Gasteiger partial charge in [0.2, 0.25) is 5.91 Å². The number of piperazine rings is 1. The molecule has 5 heteroatoms. The minimum absolute atomic E-state index is 0.141. The molecular formula is C23H29N3O2. The molecule has 2 unspecified atom stereocenters. The zero-order valence-corrected chi connectivity index (χ0v) is 16.7. The monoisotopic (exact) mass is 379 g/mol. The number of amides is 1. The molecule has 1 saturated heterocycles. The Labute approximate surface area is 167 Å². The maximum atomic E-state index is 12.5. The second-order valence-electron chi connectivity index (χ2n) is 7.82. The Balaban J connectivity index is 1.38. The van der Waals surface area contributed by atoms with Gasteiger partial charge in [-0.3, -0.25) is 4.79 Å². The van der Waals surface area contributed by atoms with E-state index in [1.807, 2.05) is 30.3 Å². The van der Waals surface area contributed by atoms with E-state index in [1.54, 1.807) is 12.2 Å². The van der Waals surface area contributed by atoms with Crippen molar-refractivity contribution < 1.29 is 9.21 Å². The van der Waals surface area contributed by atoms with Crippen LogP contribution in [-0.2, 0) is 4.79 Å². The Bertz CT molecular complexity index is 849. The first kappa shape index (κ1) is 18.8. The Morgan fingerprint density at radius 1 is 1.18 bits per heavy atom. The SMILES string of the molecule is CCN1CCN(c2ccccc2NC(=O)/C=C/c2ccc(C3CC3C)o2)CC1. The quantitative estimate of drug-likeness (QED) is 0.765. The second kappa shape index (κ2) is 8.23. The summed E-state index contributed by atoms with van der Waals surface area (Å²) in [5.41, 5.74) is 1.94. The smallest absolute Gasteiger partial charge is 0.248 e. The standard InChI is InChI=1S/C23H29N3O2/c1-3-25-12-14-26(15-13-25)21-7-5-4-6-20(21)24-23(27)11-9-18-8-10-22(28-18)19-16-17(19)2/h4-11,17,19H,3,12-16H2,1-2H3,(H,24,27)/b11-9+. The molecule has 2 fully saturated rings. The van der Waals surface area contributed by atoms with Crippen LogP contribution in [0.4, 0.5) is 11.4 Å². The zero-order chi connectivity index (χ0) is 19.5. The molecule has 1 aliphatic heterocycles. The number of benzene rings is 1. The number of hydrogen-bond donors (Lipinski definition) is 1. The predicted molar refractivity (Wildman–Crippen MR) is 114 cm³/mol.